The third-order valence-electron chi connectivity index (χ3n) is 5.20. The second-order valence-corrected chi connectivity index (χ2v) is 24.7. The summed E-state index contributed by atoms with van der Waals surface area (Å²) in [4.78, 5) is 0. The van der Waals surface area contributed by atoms with E-state index in [2.05, 4.69) is 91.7 Å². The summed E-state index contributed by atoms with van der Waals surface area (Å²) >= 11 is -1.77. The van der Waals surface area contributed by atoms with Crippen LogP contribution in [0.15, 0.2) is 73.0 Å². The molecular formula is C21H21Cl2SiZr. The molecule has 0 spiro atoms. The van der Waals surface area contributed by atoms with Crippen molar-refractivity contribution in [1.29, 1.82) is 0 Å². The number of hydrogen-bond acceptors (Lipinski definition) is 0. The van der Waals surface area contributed by atoms with Gasteiger partial charge in [-0.15, -0.1) is 0 Å². The molecule has 3 unspecified atom stereocenters. The first kappa shape index (κ1) is 20.6. The second kappa shape index (κ2) is 8.82. The largest absolute Gasteiger partial charge is 1.00 e. The summed E-state index contributed by atoms with van der Waals surface area (Å²) in [6.45, 7) is 6.73. The summed E-state index contributed by atoms with van der Waals surface area (Å²) < 4.78 is 1.43. The van der Waals surface area contributed by atoms with E-state index in [0.29, 0.717) is 7.25 Å². The van der Waals surface area contributed by atoms with Crippen LogP contribution in [0.1, 0.15) is 29.5 Å². The van der Waals surface area contributed by atoms with E-state index in [1.165, 1.54) is 11.1 Å². The molecule has 0 heterocycles. The Hall–Kier alpha value is -0.660. The van der Waals surface area contributed by atoms with E-state index in [1.54, 1.807) is 11.1 Å². The molecule has 0 amide bonds. The Bertz CT molecular complexity index is 754. The van der Waals surface area contributed by atoms with E-state index in [1.807, 2.05) is 0 Å². The van der Waals surface area contributed by atoms with Crippen LogP contribution in [0.3, 0.4) is 0 Å². The van der Waals surface area contributed by atoms with E-state index in [-0.39, 0.29) is 24.8 Å². The molecule has 0 fully saturated rings. The zero-order valence-electron chi connectivity index (χ0n) is 14.2. The molecule has 0 nitrogen and oxygen atoms in total. The molecule has 0 bridgehead atoms. The van der Waals surface area contributed by atoms with Gasteiger partial charge in [-0.25, -0.2) is 0 Å². The summed E-state index contributed by atoms with van der Waals surface area (Å²) in [5.41, 5.74) is 8.40. The van der Waals surface area contributed by atoms with E-state index in [4.69, 9.17) is 0 Å². The summed E-state index contributed by atoms with van der Waals surface area (Å²) in [5, 5.41) is 0. The number of fused-ring (bicyclic) bond motifs is 2. The fourth-order valence-electron chi connectivity index (χ4n) is 3.98. The average Bonchev–Trinajstić information content (AvgIpc) is 3.20. The average molecular weight is 464 g/mol. The normalized spacial score (nSPS) is 20.0. The van der Waals surface area contributed by atoms with Gasteiger partial charge in [-0.3, -0.25) is 0 Å². The molecule has 3 atom stereocenters. The summed E-state index contributed by atoms with van der Waals surface area (Å²) in [6, 6.07) is 18.0. The van der Waals surface area contributed by atoms with Crippen LogP contribution in [0.4, 0.5) is 0 Å². The molecule has 2 aliphatic rings. The van der Waals surface area contributed by atoms with Crippen molar-refractivity contribution in [3.63, 3.8) is 0 Å². The molecule has 0 N–H and O–H groups in total. The number of allylic oxidation sites excluding steroid dienone is 2. The van der Waals surface area contributed by atoms with Gasteiger partial charge in [0.2, 0.25) is 0 Å². The van der Waals surface area contributed by atoms with Crippen LogP contribution < -0.4 is 24.8 Å². The monoisotopic (exact) mass is 461 g/mol. The van der Waals surface area contributed by atoms with Gasteiger partial charge in [-0.1, -0.05) is 0 Å². The first-order valence-corrected chi connectivity index (χ1v) is 17.8. The smallest absolute Gasteiger partial charge is 1.00 e. The maximum Gasteiger partial charge on any atom is -1.00 e. The molecule has 0 saturated heterocycles. The minimum atomic E-state index is -1.77. The predicted molar refractivity (Wildman–Crippen MR) is 99.6 cm³/mol. The molecule has 2 aromatic rings. The Morgan fingerprint density at radius 2 is 1.28 bits per heavy atom. The number of halogens is 2. The maximum atomic E-state index is 4.20. The third-order valence-corrected chi connectivity index (χ3v) is 26.7. The SMILES string of the molecule is C=C[SiH](C)[Zr+2]([CH]1C=Cc2ccccc21)[CH]1C=Cc2ccccc21.[Cl-].[Cl-]. The molecule has 4 heteroatoms. The molecule has 127 valence electrons. The molecule has 2 aromatic carbocycles. The van der Waals surface area contributed by atoms with Crippen LogP contribution in [0.5, 0.6) is 0 Å². The molecule has 4 rings (SSSR count). The van der Waals surface area contributed by atoms with Crippen molar-refractivity contribution >= 4 is 18.1 Å². The Morgan fingerprint density at radius 3 is 1.72 bits per heavy atom. The van der Waals surface area contributed by atoms with E-state index < -0.39 is 26.8 Å². The summed E-state index contributed by atoms with van der Waals surface area (Å²) in [5.74, 6) is -0.862. The minimum Gasteiger partial charge on any atom is -1.00 e. The first-order chi connectivity index (χ1) is 11.3. The number of benzene rings is 2. The van der Waals surface area contributed by atoms with Crippen molar-refractivity contribution < 1.29 is 45.7 Å². The van der Waals surface area contributed by atoms with Crippen molar-refractivity contribution in [3.8, 4) is 0 Å². The van der Waals surface area contributed by atoms with Crippen molar-refractivity contribution in [3.05, 3.63) is 95.2 Å². The van der Waals surface area contributed by atoms with Crippen LogP contribution >= 0.6 is 0 Å². The number of hydrogen-bond donors (Lipinski definition) is 0. The quantitative estimate of drug-likeness (QED) is 0.523. The van der Waals surface area contributed by atoms with Crippen LogP contribution in [0, 0.1) is 0 Å². The molecule has 0 radical (unpaired) electrons. The Balaban J connectivity index is 0.00000113. The van der Waals surface area contributed by atoms with Crippen molar-refractivity contribution in [2.24, 2.45) is 0 Å². The Labute approximate surface area is 171 Å². The fraction of sp³-hybridized carbons (Fsp3) is 0.143. The third kappa shape index (κ3) is 3.74. The van der Waals surface area contributed by atoms with Gasteiger partial charge >= 0.3 is 148 Å². The Kier molecular flexibility index (Phi) is 7.29. The van der Waals surface area contributed by atoms with E-state index in [9.17, 15) is 0 Å². The molecule has 25 heavy (non-hydrogen) atoms. The van der Waals surface area contributed by atoms with Gasteiger partial charge in [0.1, 0.15) is 0 Å². The zero-order chi connectivity index (χ0) is 15.8. The second-order valence-electron chi connectivity index (χ2n) is 6.46. The Morgan fingerprint density at radius 1 is 0.840 bits per heavy atom. The topological polar surface area (TPSA) is 0 Å². The van der Waals surface area contributed by atoms with Gasteiger partial charge in [-0.2, -0.15) is 0 Å². The molecule has 2 aliphatic carbocycles. The van der Waals surface area contributed by atoms with Gasteiger partial charge in [-0.05, 0) is 0 Å². The molecular weight excluding hydrogens is 442 g/mol. The van der Waals surface area contributed by atoms with Gasteiger partial charge < -0.3 is 24.8 Å². The van der Waals surface area contributed by atoms with Crippen LogP contribution in [0.2, 0.25) is 6.55 Å². The van der Waals surface area contributed by atoms with Crippen LogP contribution in [-0.4, -0.2) is 5.92 Å². The van der Waals surface area contributed by atoms with Gasteiger partial charge in [0.25, 0.3) is 0 Å². The molecule has 0 aromatic heterocycles. The number of rotatable bonds is 4. The van der Waals surface area contributed by atoms with Crippen molar-refractivity contribution in [2.45, 2.75) is 13.8 Å². The zero-order valence-corrected chi connectivity index (χ0v) is 19.3. The predicted octanol–water partition coefficient (Wildman–Crippen LogP) is -0.772. The van der Waals surface area contributed by atoms with E-state index >= 15 is 0 Å². The fourth-order valence-corrected chi connectivity index (χ4v) is 24.8. The van der Waals surface area contributed by atoms with E-state index in [0.717, 1.165) is 0 Å². The summed E-state index contributed by atoms with van der Waals surface area (Å²) in [6.07, 6.45) is 9.74. The van der Waals surface area contributed by atoms with Crippen LogP contribution in [-0.2, 0) is 20.9 Å². The van der Waals surface area contributed by atoms with Crippen molar-refractivity contribution in [2.75, 3.05) is 0 Å². The molecule has 0 aliphatic heterocycles. The molecule has 0 saturated carbocycles. The van der Waals surface area contributed by atoms with Crippen LogP contribution in [0.25, 0.3) is 12.2 Å². The minimum absolute atomic E-state index is 0. The maximum absolute atomic E-state index is 4.20. The standard InChI is InChI=1S/2C9H7.C3H7Si.2ClH.Zr/c2*1-2-5-9-7-3-6-8(9)4-1;1-3-4-2;;;/h2*1-7H;3-4H,1H2,2H3;2*1H;/q;;;;;+2/p-2. The van der Waals surface area contributed by atoms with Gasteiger partial charge in [0.15, 0.2) is 0 Å². The first-order valence-electron chi connectivity index (χ1n) is 8.33. The van der Waals surface area contributed by atoms with Crippen molar-refractivity contribution in [1.82, 2.24) is 0 Å². The van der Waals surface area contributed by atoms with Gasteiger partial charge in [0, 0.05) is 0 Å². The van der Waals surface area contributed by atoms with Gasteiger partial charge in [0.05, 0.1) is 0 Å². The summed E-state index contributed by atoms with van der Waals surface area (Å²) in [7, 11) is 0.